The normalized spacial score (nSPS) is 30.8. The molecule has 0 heterocycles. The van der Waals surface area contributed by atoms with Gasteiger partial charge in [-0.1, -0.05) is 0 Å². The van der Waals surface area contributed by atoms with Crippen LogP contribution < -0.4 is 5.73 Å². The van der Waals surface area contributed by atoms with Gasteiger partial charge in [0.2, 0.25) is 10.0 Å². The fourth-order valence-corrected chi connectivity index (χ4v) is 3.15. The fourth-order valence-electron chi connectivity index (χ4n) is 1.68. The van der Waals surface area contributed by atoms with E-state index in [-0.39, 0.29) is 11.3 Å². The van der Waals surface area contributed by atoms with Crippen molar-refractivity contribution >= 4 is 10.0 Å². The quantitative estimate of drug-likeness (QED) is 0.699. The van der Waals surface area contributed by atoms with Crippen molar-refractivity contribution in [3.8, 4) is 0 Å². The van der Waals surface area contributed by atoms with Gasteiger partial charge in [-0.2, -0.15) is 0 Å². The highest BCUT2D eigenvalue weighted by Crippen LogP contribution is 2.24. The molecule has 0 aromatic heterocycles. The summed E-state index contributed by atoms with van der Waals surface area (Å²) in [7, 11) is 0.129. The lowest BCUT2D eigenvalue weighted by molar-refractivity contribution is 0.416. The van der Waals surface area contributed by atoms with Gasteiger partial charge in [-0.05, 0) is 25.7 Å². The molecule has 13 heavy (non-hydrogen) atoms. The van der Waals surface area contributed by atoms with Crippen LogP contribution in [-0.4, -0.2) is 38.1 Å². The molecule has 0 radical (unpaired) electrons. The van der Waals surface area contributed by atoms with Crippen LogP contribution in [0.3, 0.4) is 0 Å². The van der Waals surface area contributed by atoms with Gasteiger partial charge >= 0.3 is 0 Å². The minimum atomic E-state index is -3.05. The molecule has 1 saturated carbocycles. The van der Waals surface area contributed by atoms with Crippen molar-refractivity contribution in [1.82, 2.24) is 4.31 Å². The van der Waals surface area contributed by atoms with Crippen LogP contribution in [-0.2, 0) is 10.0 Å². The Morgan fingerprint density at radius 3 is 2.00 bits per heavy atom. The molecule has 4 nitrogen and oxygen atoms in total. The molecule has 1 aliphatic carbocycles. The summed E-state index contributed by atoms with van der Waals surface area (Å²) >= 11 is 0. The predicted octanol–water partition coefficient (Wildman–Crippen LogP) is 0.148. The summed E-state index contributed by atoms with van der Waals surface area (Å²) in [5.74, 6) is 0. The Labute approximate surface area is 80.1 Å². The van der Waals surface area contributed by atoms with Crippen molar-refractivity contribution in [3.05, 3.63) is 0 Å². The van der Waals surface area contributed by atoms with Crippen molar-refractivity contribution in [1.29, 1.82) is 0 Å². The van der Waals surface area contributed by atoms with Crippen LogP contribution in [0.1, 0.15) is 25.7 Å². The minimum Gasteiger partial charge on any atom is -0.328 e. The minimum absolute atomic E-state index is 0.202. The highest BCUT2D eigenvalue weighted by molar-refractivity contribution is 7.89. The molecule has 1 fully saturated rings. The van der Waals surface area contributed by atoms with Crippen LogP contribution in [0.2, 0.25) is 0 Å². The lowest BCUT2D eigenvalue weighted by atomic mass is 9.96. The van der Waals surface area contributed by atoms with Crippen LogP contribution >= 0.6 is 0 Å². The maximum Gasteiger partial charge on any atom is 0.216 e. The third-order valence-electron chi connectivity index (χ3n) is 2.65. The monoisotopic (exact) mass is 206 g/mol. The van der Waals surface area contributed by atoms with Crippen LogP contribution in [0.4, 0.5) is 0 Å². The Morgan fingerprint density at radius 1 is 1.15 bits per heavy atom. The Kier molecular flexibility index (Phi) is 3.32. The molecule has 0 saturated heterocycles. The SMILES string of the molecule is CN(C)S(=O)(=O)C1CCC(N)CC1. The van der Waals surface area contributed by atoms with Gasteiger partial charge in [0, 0.05) is 20.1 Å². The zero-order chi connectivity index (χ0) is 10.1. The summed E-state index contributed by atoms with van der Waals surface area (Å²) in [5, 5.41) is -0.206. The van der Waals surface area contributed by atoms with Crippen molar-refractivity contribution < 1.29 is 8.42 Å². The molecule has 2 N–H and O–H groups in total. The van der Waals surface area contributed by atoms with E-state index < -0.39 is 10.0 Å². The lowest BCUT2D eigenvalue weighted by Gasteiger charge is -2.27. The zero-order valence-corrected chi connectivity index (χ0v) is 9.05. The summed E-state index contributed by atoms with van der Waals surface area (Å²) in [4.78, 5) is 0. The predicted molar refractivity (Wildman–Crippen MR) is 52.8 cm³/mol. The Bertz CT molecular complexity index is 253. The van der Waals surface area contributed by atoms with E-state index in [9.17, 15) is 8.42 Å². The van der Waals surface area contributed by atoms with Gasteiger partial charge in [-0.15, -0.1) is 0 Å². The number of hydrogen-bond acceptors (Lipinski definition) is 3. The van der Waals surface area contributed by atoms with Gasteiger partial charge < -0.3 is 5.73 Å². The Balaban J connectivity index is 2.64. The van der Waals surface area contributed by atoms with E-state index in [0.717, 1.165) is 12.8 Å². The first-order valence-corrected chi connectivity index (χ1v) is 6.12. The van der Waals surface area contributed by atoms with Gasteiger partial charge in [0.05, 0.1) is 5.25 Å². The largest absolute Gasteiger partial charge is 0.328 e. The molecule has 0 aromatic carbocycles. The maximum absolute atomic E-state index is 11.7. The van der Waals surface area contributed by atoms with Gasteiger partial charge in [0.25, 0.3) is 0 Å². The zero-order valence-electron chi connectivity index (χ0n) is 8.23. The molecule has 0 aliphatic heterocycles. The first-order chi connectivity index (χ1) is 5.94. The van der Waals surface area contributed by atoms with Gasteiger partial charge in [0.15, 0.2) is 0 Å². The number of hydrogen-bond donors (Lipinski definition) is 1. The molecule has 5 heteroatoms. The van der Waals surface area contributed by atoms with Crippen LogP contribution in [0.25, 0.3) is 0 Å². The molecule has 0 amide bonds. The third kappa shape index (κ3) is 2.42. The van der Waals surface area contributed by atoms with Gasteiger partial charge in [0.1, 0.15) is 0 Å². The fraction of sp³-hybridized carbons (Fsp3) is 1.00. The van der Waals surface area contributed by atoms with E-state index in [1.54, 1.807) is 14.1 Å². The maximum atomic E-state index is 11.7. The molecule has 0 bridgehead atoms. The number of sulfonamides is 1. The summed E-state index contributed by atoms with van der Waals surface area (Å²) in [6.07, 6.45) is 3.08. The average Bonchev–Trinajstić information content (AvgIpc) is 2.04. The lowest BCUT2D eigenvalue weighted by Crippen LogP contribution is -2.38. The standard InChI is InChI=1S/C8H18N2O2S/c1-10(2)13(11,12)8-5-3-7(9)4-6-8/h7-8H,3-6,9H2,1-2H3. The van der Waals surface area contributed by atoms with Crippen LogP contribution in [0.5, 0.6) is 0 Å². The second kappa shape index (κ2) is 3.94. The number of rotatable bonds is 2. The average molecular weight is 206 g/mol. The van der Waals surface area contributed by atoms with E-state index >= 15 is 0 Å². The molecule has 1 aliphatic rings. The smallest absolute Gasteiger partial charge is 0.216 e. The highest BCUT2D eigenvalue weighted by Gasteiger charge is 2.30. The second-order valence-corrected chi connectivity index (χ2v) is 6.29. The van der Waals surface area contributed by atoms with Crippen molar-refractivity contribution in [2.75, 3.05) is 14.1 Å². The Hall–Kier alpha value is -0.130. The first-order valence-electron chi connectivity index (χ1n) is 4.61. The summed E-state index contributed by atoms with van der Waals surface area (Å²) < 4.78 is 24.7. The Morgan fingerprint density at radius 2 is 1.62 bits per heavy atom. The molecular weight excluding hydrogens is 188 g/mol. The molecular formula is C8H18N2O2S. The third-order valence-corrected chi connectivity index (χ3v) is 4.98. The van der Waals surface area contributed by atoms with Gasteiger partial charge in [-0.25, -0.2) is 12.7 Å². The van der Waals surface area contributed by atoms with E-state index in [4.69, 9.17) is 5.73 Å². The number of nitrogens with two attached hydrogens (primary N) is 1. The highest BCUT2D eigenvalue weighted by atomic mass is 32.2. The molecule has 0 spiro atoms. The molecule has 0 aromatic rings. The molecule has 0 unspecified atom stereocenters. The van der Waals surface area contributed by atoms with Crippen molar-refractivity contribution in [2.24, 2.45) is 5.73 Å². The molecule has 78 valence electrons. The van der Waals surface area contributed by atoms with Crippen LogP contribution in [0.15, 0.2) is 0 Å². The van der Waals surface area contributed by atoms with E-state index in [2.05, 4.69) is 0 Å². The van der Waals surface area contributed by atoms with Crippen molar-refractivity contribution in [2.45, 2.75) is 37.0 Å². The number of nitrogens with zero attached hydrogens (tertiary/aromatic N) is 1. The van der Waals surface area contributed by atoms with Crippen LogP contribution in [0, 0.1) is 0 Å². The summed E-state index contributed by atoms with van der Waals surface area (Å²) in [5.41, 5.74) is 5.71. The molecule has 0 atom stereocenters. The summed E-state index contributed by atoms with van der Waals surface area (Å²) in [6.45, 7) is 0. The summed E-state index contributed by atoms with van der Waals surface area (Å²) in [6, 6.07) is 0.202. The molecule has 1 rings (SSSR count). The van der Waals surface area contributed by atoms with E-state index in [0.29, 0.717) is 12.8 Å². The van der Waals surface area contributed by atoms with Gasteiger partial charge in [-0.3, -0.25) is 0 Å². The van der Waals surface area contributed by atoms with Crippen molar-refractivity contribution in [3.63, 3.8) is 0 Å². The topological polar surface area (TPSA) is 63.4 Å². The van der Waals surface area contributed by atoms with E-state index in [1.165, 1.54) is 4.31 Å². The second-order valence-electron chi connectivity index (χ2n) is 3.86. The first kappa shape index (κ1) is 10.9. The van der Waals surface area contributed by atoms with E-state index in [1.807, 2.05) is 0 Å².